The third-order valence-electron chi connectivity index (χ3n) is 7.12. The fourth-order valence-electron chi connectivity index (χ4n) is 5.09. The van der Waals surface area contributed by atoms with Crippen LogP contribution in [0.4, 0.5) is 0 Å². The van der Waals surface area contributed by atoms with Crippen LogP contribution < -0.4 is 16.0 Å². The molecular formula is C25H43N7O4S. The molecule has 0 radical (unpaired) electrons. The molecule has 37 heavy (non-hydrogen) atoms. The van der Waals surface area contributed by atoms with E-state index in [2.05, 4.69) is 52.7 Å². The molecule has 12 heteroatoms. The summed E-state index contributed by atoms with van der Waals surface area (Å²) in [5.74, 6) is 0.466. The molecule has 0 aromatic carbocycles. The van der Waals surface area contributed by atoms with Crippen molar-refractivity contribution in [2.75, 3.05) is 12.3 Å². The van der Waals surface area contributed by atoms with Gasteiger partial charge in [0.1, 0.15) is 18.0 Å². The van der Waals surface area contributed by atoms with Gasteiger partial charge in [-0.1, -0.05) is 31.9 Å². The number of thiol groups is 1. The summed E-state index contributed by atoms with van der Waals surface area (Å²) in [6.45, 7) is 6.54. The van der Waals surface area contributed by atoms with Crippen LogP contribution in [0.15, 0.2) is 6.20 Å². The van der Waals surface area contributed by atoms with E-state index in [0.717, 1.165) is 31.4 Å². The molecular weight excluding hydrogens is 494 g/mol. The number of aliphatic hydroxyl groups is 1. The fraction of sp³-hybridized carbons (Fsp3) is 0.800. The van der Waals surface area contributed by atoms with Gasteiger partial charge in [0.05, 0.1) is 24.8 Å². The summed E-state index contributed by atoms with van der Waals surface area (Å²) in [5, 5.41) is 28.3. The van der Waals surface area contributed by atoms with Gasteiger partial charge in [0, 0.05) is 19.0 Å². The zero-order valence-electron chi connectivity index (χ0n) is 22.2. The third-order valence-corrected chi connectivity index (χ3v) is 7.44. The highest BCUT2D eigenvalue weighted by atomic mass is 32.1. The molecule has 0 saturated carbocycles. The Morgan fingerprint density at radius 1 is 1.19 bits per heavy atom. The van der Waals surface area contributed by atoms with E-state index in [4.69, 9.17) is 0 Å². The second kappa shape index (κ2) is 14.1. The van der Waals surface area contributed by atoms with Crippen LogP contribution in [0.3, 0.4) is 0 Å². The monoisotopic (exact) mass is 537 g/mol. The lowest BCUT2D eigenvalue weighted by Gasteiger charge is -2.33. The van der Waals surface area contributed by atoms with Gasteiger partial charge in [-0.25, -0.2) is 4.68 Å². The van der Waals surface area contributed by atoms with Gasteiger partial charge in [0.15, 0.2) is 0 Å². The van der Waals surface area contributed by atoms with E-state index < -0.39 is 24.4 Å². The van der Waals surface area contributed by atoms with Crippen molar-refractivity contribution in [3.63, 3.8) is 0 Å². The summed E-state index contributed by atoms with van der Waals surface area (Å²) in [6.07, 6.45) is 6.08. The number of unbranched alkanes of at least 4 members (excludes halogenated alkanes) is 2. The molecule has 0 aliphatic carbocycles. The Kier molecular flexibility index (Phi) is 11.2. The van der Waals surface area contributed by atoms with Crippen LogP contribution in [0.25, 0.3) is 0 Å². The van der Waals surface area contributed by atoms with Gasteiger partial charge in [-0.3, -0.25) is 19.7 Å². The number of rotatable bonds is 7. The third kappa shape index (κ3) is 8.41. The molecule has 1 aromatic rings. The van der Waals surface area contributed by atoms with Gasteiger partial charge in [0.25, 0.3) is 0 Å². The molecule has 1 aromatic heterocycles. The summed E-state index contributed by atoms with van der Waals surface area (Å²) < 4.78 is 1.47. The number of aliphatic hydroxyl groups excluding tert-OH is 1. The first-order chi connectivity index (χ1) is 17.7. The standard InChI is InChI=1S/C25H43N7O4S/c1-16(2)12-18-13-22(33)31-10-7-9-21(31)25(36)28-20(8-5-4-6-11-37)24(35)26-14-19-15-32(30-29-19)17(3)23(34)27-18/h15-18,20-21,25,28,36-37H,4-14H2,1-3H3,(H,26,35)(H,27,34)/t17-,18+,20+,21+,25?/m1/s1. The molecule has 5 atom stereocenters. The number of carbonyl (C=O) groups is 3. The van der Waals surface area contributed by atoms with Crippen LogP contribution in [0.2, 0.25) is 0 Å². The first kappa shape index (κ1) is 29.4. The summed E-state index contributed by atoms with van der Waals surface area (Å²) in [4.78, 5) is 41.2. The van der Waals surface area contributed by atoms with Crippen LogP contribution in [0.1, 0.15) is 83.9 Å². The van der Waals surface area contributed by atoms with E-state index in [0.29, 0.717) is 31.5 Å². The number of hydrogen-bond donors (Lipinski definition) is 5. The van der Waals surface area contributed by atoms with E-state index >= 15 is 0 Å². The van der Waals surface area contributed by atoms with E-state index in [1.807, 2.05) is 0 Å². The lowest BCUT2D eigenvalue weighted by Crippen LogP contribution is -2.56. The molecule has 11 nitrogen and oxygen atoms in total. The quantitative estimate of drug-likeness (QED) is 0.259. The molecule has 3 heterocycles. The topological polar surface area (TPSA) is 141 Å². The van der Waals surface area contributed by atoms with Crippen LogP contribution in [0.5, 0.6) is 0 Å². The molecule has 1 saturated heterocycles. The van der Waals surface area contributed by atoms with E-state index in [-0.39, 0.29) is 42.6 Å². The Morgan fingerprint density at radius 2 is 1.97 bits per heavy atom. The Bertz CT molecular complexity index is 911. The van der Waals surface area contributed by atoms with Crippen LogP contribution in [-0.2, 0) is 20.9 Å². The Labute approximate surface area is 224 Å². The van der Waals surface area contributed by atoms with Gasteiger partial charge in [-0.15, -0.1) is 5.10 Å². The van der Waals surface area contributed by atoms with Gasteiger partial charge in [0.2, 0.25) is 17.7 Å². The minimum atomic E-state index is -1.04. The fourth-order valence-corrected chi connectivity index (χ4v) is 5.32. The maximum Gasteiger partial charge on any atom is 0.244 e. The van der Waals surface area contributed by atoms with Crippen molar-refractivity contribution in [2.24, 2.45) is 5.92 Å². The highest BCUT2D eigenvalue weighted by Gasteiger charge is 2.37. The summed E-state index contributed by atoms with van der Waals surface area (Å²) in [5.41, 5.74) is 0.530. The van der Waals surface area contributed by atoms with Gasteiger partial charge >= 0.3 is 0 Å². The molecule has 2 bridgehead atoms. The van der Waals surface area contributed by atoms with Crippen molar-refractivity contribution in [3.8, 4) is 0 Å². The van der Waals surface area contributed by atoms with Crippen molar-refractivity contribution in [1.29, 1.82) is 0 Å². The number of amides is 3. The first-order valence-corrected chi connectivity index (χ1v) is 14.2. The molecule has 0 spiro atoms. The molecule has 2 aliphatic rings. The van der Waals surface area contributed by atoms with Crippen molar-refractivity contribution in [2.45, 2.75) is 109 Å². The van der Waals surface area contributed by atoms with Crippen molar-refractivity contribution in [3.05, 3.63) is 11.9 Å². The molecule has 1 unspecified atom stereocenters. The van der Waals surface area contributed by atoms with Gasteiger partial charge in [-0.2, -0.15) is 12.6 Å². The Morgan fingerprint density at radius 3 is 2.70 bits per heavy atom. The smallest absolute Gasteiger partial charge is 0.244 e. The van der Waals surface area contributed by atoms with E-state index in [9.17, 15) is 19.5 Å². The van der Waals surface area contributed by atoms with Gasteiger partial charge < -0.3 is 20.6 Å². The minimum absolute atomic E-state index is 0.107. The SMILES string of the molecule is CC(C)C[C@H]1CC(=O)N2CCC[C@H]2C(O)N[C@@H](CCCCCS)C(=O)NCc2cn(nn2)[C@H](C)C(=O)N1. The van der Waals surface area contributed by atoms with Crippen LogP contribution in [-0.4, -0.2) is 79.4 Å². The molecule has 3 rings (SSSR count). The number of nitrogens with one attached hydrogen (secondary N) is 3. The van der Waals surface area contributed by atoms with E-state index in [1.54, 1.807) is 18.0 Å². The lowest BCUT2D eigenvalue weighted by molar-refractivity contribution is -0.136. The number of hydrogen-bond acceptors (Lipinski definition) is 8. The van der Waals surface area contributed by atoms with Gasteiger partial charge in [-0.05, 0) is 50.7 Å². The lowest BCUT2D eigenvalue weighted by atomic mass is 9.99. The largest absolute Gasteiger partial charge is 0.376 e. The maximum absolute atomic E-state index is 13.4. The second-order valence-corrected chi connectivity index (χ2v) is 11.1. The maximum atomic E-state index is 13.4. The molecule has 2 aliphatic heterocycles. The molecule has 208 valence electrons. The van der Waals surface area contributed by atoms with Crippen molar-refractivity contribution < 1.29 is 19.5 Å². The average molecular weight is 538 g/mol. The van der Waals surface area contributed by atoms with E-state index in [1.165, 1.54) is 4.68 Å². The summed E-state index contributed by atoms with van der Waals surface area (Å²) in [7, 11) is 0. The highest BCUT2D eigenvalue weighted by molar-refractivity contribution is 7.80. The Hall–Kier alpha value is -2.18. The number of aromatic nitrogens is 3. The number of nitrogens with zero attached hydrogens (tertiary/aromatic N) is 4. The average Bonchev–Trinajstić information content (AvgIpc) is 3.53. The highest BCUT2D eigenvalue weighted by Crippen LogP contribution is 2.23. The predicted octanol–water partition coefficient (Wildman–Crippen LogP) is 1.15. The molecule has 4 N–H and O–H groups in total. The molecule has 3 amide bonds. The van der Waals surface area contributed by atoms with Crippen molar-refractivity contribution in [1.82, 2.24) is 35.8 Å². The first-order valence-electron chi connectivity index (χ1n) is 13.5. The Balaban J connectivity index is 1.85. The zero-order valence-corrected chi connectivity index (χ0v) is 23.1. The minimum Gasteiger partial charge on any atom is -0.376 e. The second-order valence-electron chi connectivity index (χ2n) is 10.7. The van der Waals surface area contributed by atoms with Crippen LogP contribution in [0, 0.1) is 5.92 Å². The van der Waals surface area contributed by atoms with Crippen LogP contribution >= 0.6 is 12.6 Å². The zero-order chi connectivity index (χ0) is 26.9. The molecule has 1 fully saturated rings. The number of carbonyl (C=O) groups excluding carboxylic acids is 3. The predicted molar refractivity (Wildman–Crippen MR) is 143 cm³/mol. The number of fused-ring (bicyclic) bond motifs is 3. The summed E-state index contributed by atoms with van der Waals surface area (Å²) >= 11 is 4.26. The normalized spacial score (nSPS) is 28.1. The summed E-state index contributed by atoms with van der Waals surface area (Å²) in [6, 6.07) is -2.01. The van der Waals surface area contributed by atoms with Crippen molar-refractivity contribution >= 4 is 30.4 Å².